The first kappa shape index (κ1) is 57.5. The topological polar surface area (TPSA) is 208 Å². The molecule has 62 heavy (non-hydrogen) atoms. The molecular weight excluding hydrogens is 838 g/mol. The van der Waals surface area contributed by atoms with E-state index in [4.69, 9.17) is 28.5 Å². The number of ether oxygens (including phenoxy) is 3. The molecule has 1 aliphatic rings. The number of phosphoric ester groups is 2. The molecule has 0 aromatic heterocycles. The van der Waals surface area contributed by atoms with E-state index in [2.05, 4.69) is 77.6 Å². The summed E-state index contributed by atoms with van der Waals surface area (Å²) in [6.07, 6.45) is 43.5. The highest BCUT2D eigenvalue weighted by Gasteiger charge is 2.36. The zero-order valence-electron chi connectivity index (χ0n) is 37.4. The van der Waals surface area contributed by atoms with Crippen molar-refractivity contribution in [3.8, 4) is 0 Å². The van der Waals surface area contributed by atoms with Gasteiger partial charge in [-0.05, 0) is 77.0 Å². The van der Waals surface area contributed by atoms with Crippen LogP contribution in [0.3, 0.4) is 0 Å². The van der Waals surface area contributed by atoms with Crippen molar-refractivity contribution in [3.63, 3.8) is 0 Å². The average Bonchev–Trinajstić information content (AvgIpc) is 3.99. The van der Waals surface area contributed by atoms with Gasteiger partial charge in [-0.2, -0.15) is 0 Å². The Labute approximate surface area is 371 Å². The number of carbonyl (C=O) groups is 2. The minimum absolute atomic E-state index is 0.0620. The monoisotopic (exact) mass is 916 g/mol. The van der Waals surface area contributed by atoms with Crippen molar-refractivity contribution in [2.75, 3.05) is 26.4 Å². The highest BCUT2D eigenvalue weighted by atomic mass is 31.2. The highest BCUT2D eigenvalue weighted by Crippen LogP contribution is 2.44. The summed E-state index contributed by atoms with van der Waals surface area (Å²) in [5.41, 5.74) is 0. The Balaban J connectivity index is 2.41. The number of aliphatic hydroxyl groups is 1. The molecule has 0 saturated carbocycles. The van der Waals surface area contributed by atoms with E-state index >= 15 is 0 Å². The zero-order valence-corrected chi connectivity index (χ0v) is 39.2. The number of hydrogen-bond acceptors (Lipinski definition) is 11. The van der Waals surface area contributed by atoms with Crippen LogP contribution in [0.2, 0.25) is 0 Å². The third kappa shape index (κ3) is 38.0. The lowest BCUT2D eigenvalue weighted by Gasteiger charge is -2.20. The number of esters is 2. The molecule has 0 radical (unpaired) electrons. The number of hydrogen-bond donors (Lipinski definition) is 4. The third-order valence-corrected chi connectivity index (χ3v) is 10.9. The van der Waals surface area contributed by atoms with E-state index in [1.54, 1.807) is 0 Å². The van der Waals surface area contributed by atoms with Gasteiger partial charge in [0.2, 0.25) is 0 Å². The SMILES string of the molecule is CCCCC/C=C\C/C=C\C/C=C\C/C=C\C/C=C\CCC(=O)OC[C@H](COP(=O)(O)OC[C@@H](O)COP(=O)(O)O)OC(=O)CCCCCCCC1OC1C/C=C\CCCCC. The van der Waals surface area contributed by atoms with Crippen LogP contribution in [-0.2, 0) is 46.5 Å². The molecule has 0 aromatic carbocycles. The number of aliphatic hydroxyl groups excluding tert-OH is 1. The van der Waals surface area contributed by atoms with Crippen molar-refractivity contribution in [2.45, 2.75) is 180 Å². The maximum atomic E-state index is 12.7. The molecule has 5 atom stereocenters. The van der Waals surface area contributed by atoms with Crippen LogP contribution in [0, 0.1) is 0 Å². The fraction of sp³-hybridized carbons (Fsp3) is 0.696. The Morgan fingerprint density at radius 2 is 1.08 bits per heavy atom. The summed E-state index contributed by atoms with van der Waals surface area (Å²) in [7, 11) is -9.71. The van der Waals surface area contributed by atoms with Gasteiger partial charge >= 0.3 is 27.6 Å². The van der Waals surface area contributed by atoms with Crippen LogP contribution in [0.4, 0.5) is 0 Å². The van der Waals surface area contributed by atoms with Gasteiger partial charge in [0.15, 0.2) is 6.10 Å². The molecule has 1 heterocycles. The predicted molar refractivity (Wildman–Crippen MR) is 243 cm³/mol. The van der Waals surface area contributed by atoms with Gasteiger partial charge in [0, 0.05) is 12.8 Å². The van der Waals surface area contributed by atoms with Crippen LogP contribution in [0.1, 0.15) is 155 Å². The van der Waals surface area contributed by atoms with Crippen molar-refractivity contribution >= 4 is 27.6 Å². The number of unbranched alkanes of at least 4 members (excludes halogenated alkanes) is 10. The van der Waals surface area contributed by atoms with E-state index in [1.807, 2.05) is 18.2 Å². The van der Waals surface area contributed by atoms with Gasteiger partial charge < -0.3 is 34.0 Å². The fourth-order valence-corrected chi connectivity index (χ4v) is 7.08. The van der Waals surface area contributed by atoms with Crippen LogP contribution >= 0.6 is 15.6 Å². The van der Waals surface area contributed by atoms with Crippen molar-refractivity contribution in [3.05, 3.63) is 72.9 Å². The Morgan fingerprint density at radius 3 is 1.68 bits per heavy atom. The lowest BCUT2D eigenvalue weighted by atomic mass is 10.1. The number of rotatable bonds is 41. The fourth-order valence-electron chi connectivity index (χ4n) is 5.92. The van der Waals surface area contributed by atoms with Gasteiger partial charge in [-0.1, -0.05) is 138 Å². The summed E-state index contributed by atoms with van der Waals surface area (Å²) >= 11 is 0. The standard InChI is InChI=1S/C46H78O14P2/c1-3-5-7-9-11-12-13-14-15-16-17-18-19-20-21-22-23-27-31-35-45(48)55-39-42(40-58-62(53,54)57-38-41(47)37-56-61(50,51)52)59-46(49)36-32-28-24-26-30-34-44-43(60-44)33-29-25-10-8-6-4-2/h11-12,14-15,17-18,20-21,23,25,27,29,41-44,47H,3-10,13,16,19,22,24,26,28,30-40H2,1-2H3,(H,53,54)(H2,50,51,52)/b12-11-,15-14-,18-17-,21-20-,27-23-,29-25-/t41-,42+,43?,44?/m0/s1. The Bertz CT molecular complexity index is 1440. The molecule has 0 aromatic rings. The number of allylic oxidation sites excluding steroid dienone is 11. The maximum absolute atomic E-state index is 12.7. The van der Waals surface area contributed by atoms with Crippen molar-refractivity contribution in [2.24, 2.45) is 0 Å². The number of carbonyl (C=O) groups excluding carboxylic acids is 2. The van der Waals surface area contributed by atoms with Crippen LogP contribution < -0.4 is 0 Å². The quantitative estimate of drug-likeness (QED) is 0.0148. The number of epoxide rings is 1. The van der Waals surface area contributed by atoms with Gasteiger partial charge in [-0.25, -0.2) is 9.13 Å². The van der Waals surface area contributed by atoms with Gasteiger partial charge in [0.1, 0.15) is 12.7 Å². The summed E-state index contributed by atoms with van der Waals surface area (Å²) in [5.74, 6) is -1.16. The molecule has 1 fully saturated rings. The first-order valence-corrected chi connectivity index (χ1v) is 25.8. The molecule has 0 spiro atoms. The zero-order chi connectivity index (χ0) is 45.6. The van der Waals surface area contributed by atoms with Crippen LogP contribution in [-0.4, -0.2) is 82.6 Å². The molecule has 1 rings (SSSR count). The predicted octanol–water partition coefficient (Wildman–Crippen LogP) is 10.8. The molecule has 0 aliphatic carbocycles. The molecule has 356 valence electrons. The van der Waals surface area contributed by atoms with E-state index < -0.39 is 66.2 Å². The molecule has 0 bridgehead atoms. The first-order chi connectivity index (χ1) is 29.8. The Hall–Kier alpha value is -2.48. The average molecular weight is 917 g/mol. The first-order valence-electron chi connectivity index (χ1n) is 22.8. The summed E-state index contributed by atoms with van der Waals surface area (Å²) in [6, 6.07) is 0. The molecule has 3 unspecified atom stereocenters. The van der Waals surface area contributed by atoms with Gasteiger partial charge in [0.05, 0.1) is 32.0 Å². The second-order valence-corrected chi connectivity index (χ2v) is 18.0. The molecule has 16 heteroatoms. The van der Waals surface area contributed by atoms with Gasteiger partial charge in [0.25, 0.3) is 0 Å². The van der Waals surface area contributed by atoms with Crippen molar-refractivity contribution in [1.29, 1.82) is 0 Å². The van der Waals surface area contributed by atoms with E-state index in [0.717, 1.165) is 70.6 Å². The molecule has 1 saturated heterocycles. The van der Waals surface area contributed by atoms with Crippen LogP contribution in [0.15, 0.2) is 72.9 Å². The summed E-state index contributed by atoms with van der Waals surface area (Å²) in [4.78, 5) is 52.8. The second kappa shape index (κ2) is 37.9. The van der Waals surface area contributed by atoms with Gasteiger partial charge in [-0.15, -0.1) is 0 Å². The molecular formula is C46H78O14P2. The minimum Gasteiger partial charge on any atom is -0.462 e. The summed E-state index contributed by atoms with van der Waals surface area (Å²) in [5, 5.41) is 9.76. The largest absolute Gasteiger partial charge is 0.472 e. The molecule has 14 nitrogen and oxygen atoms in total. The van der Waals surface area contributed by atoms with Crippen molar-refractivity contribution in [1.82, 2.24) is 0 Å². The van der Waals surface area contributed by atoms with Crippen molar-refractivity contribution < 1.29 is 66.3 Å². The normalized spacial score (nSPS) is 17.9. The number of phosphoric acid groups is 2. The van der Waals surface area contributed by atoms with Crippen LogP contribution in [0.25, 0.3) is 0 Å². The van der Waals surface area contributed by atoms with Crippen LogP contribution in [0.5, 0.6) is 0 Å². The Morgan fingerprint density at radius 1 is 0.565 bits per heavy atom. The van der Waals surface area contributed by atoms with Gasteiger partial charge in [-0.3, -0.25) is 23.2 Å². The minimum atomic E-state index is -4.88. The Kier molecular flexibility index (Phi) is 35.1. The summed E-state index contributed by atoms with van der Waals surface area (Å²) in [6.45, 7) is 1.59. The smallest absolute Gasteiger partial charge is 0.462 e. The third-order valence-electron chi connectivity index (χ3n) is 9.50. The second-order valence-electron chi connectivity index (χ2n) is 15.4. The van der Waals surface area contributed by atoms with E-state index in [1.165, 1.54) is 38.5 Å². The van der Waals surface area contributed by atoms with E-state index in [0.29, 0.717) is 31.5 Å². The lowest BCUT2D eigenvalue weighted by Crippen LogP contribution is -2.29. The lowest BCUT2D eigenvalue weighted by molar-refractivity contribution is -0.161. The molecule has 0 amide bonds. The summed E-state index contributed by atoms with van der Waals surface area (Å²) < 4.78 is 53.5. The molecule has 4 N–H and O–H groups in total. The van der Waals surface area contributed by atoms with E-state index in [9.17, 15) is 28.7 Å². The maximum Gasteiger partial charge on any atom is 0.472 e. The highest BCUT2D eigenvalue weighted by molar-refractivity contribution is 7.47. The van der Waals surface area contributed by atoms with E-state index in [-0.39, 0.29) is 12.8 Å². The molecule has 1 aliphatic heterocycles.